The Bertz CT molecular complexity index is 552. The molecule has 0 N–H and O–H groups in total. The van der Waals surface area contributed by atoms with Gasteiger partial charge in [0, 0.05) is 11.6 Å². The lowest BCUT2D eigenvalue weighted by atomic mass is 9.77. The third-order valence-corrected chi connectivity index (χ3v) is 5.26. The second-order valence-electron chi connectivity index (χ2n) is 7.22. The Morgan fingerprint density at radius 3 is 2.36 bits per heavy atom. The molecular formula is C21H28F4. The summed E-state index contributed by atoms with van der Waals surface area (Å²) in [4.78, 5) is 0. The summed E-state index contributed by atoms with van der Waals surface area (Å²) < 4.78 is 50.7. The molecule has 0 aliphatic heterocycles. The summed E-state index contributed by atoms with van der Waals surface area (Å²) in [6.07, 6.45) is 7.39. The third-order valence-electron chi connectivity index (χ3n) is 5.26. The number of rotatable bonds is 7. The van der Waals surface area contributed by atoms with Gasteiger partial charge in [-0.2, -0.15) is 13.2 Å². The lowest BCUT2D eigenvalue weighted by molar-refractivity contribution is -0.0790. The van der Waals surface area contributed by atoms with Crippen molar-refractivity contribution in [2.75, 3.05) is 0 Å². The fourth-order valence-corrected chi connectivity index (χ4v) is 3.76. The van der Waals surface area contributed by atoms with E-state index < -0.39 is 12.0 Å². The van der Waals surface area contributed by atoms with E-state index in [0.717, 1.165) is 30.4 Å². The number of hydrogen-bond donors (Lipinski definition) is 0. The van der Waals surface area contributed by atoms with Gasteiger partial charge in [0.05, 0.1) is 0 Å². The van der Waals surface area contributed by atoms with Crippen LogP contribution in [-0.4, -0.2) is 6.18 Å². The topological polar surface area (TPSA) is 0 Å². The summed E-state index contributed by atoms with van der Waals surface area (Å²) >= 11 is 0. The van der Waals surface area contributed by atoms with Crippen molar-refractivity contribution < 1.29 is 17.6 Å². The van der Waals surface area contributed by atoms with Gasteiger partial charge in [-0.3, -0.25) is 0 Å². The molecule has 0 amide bonds. The molecule has 1 aliphatic carbocycles. The average molecular weight is 356 g/mol. The molecule has 0 saturated heterocycles. The van der Waals surface area contributed by atoms with Crippen LogP contribution in [0.1, 0.15) is 81.8 Å². The van der Waals surface area contributed by atoms with E-state index in [1.165, 1.54) is 57.1 Å². The van der Waals surface area contributed by atoms with Crippen molar-refractivity contribution >= 4 is 6.08 Å². The van der Waals surface area contributed by atoms with Gasteiger partial charge in [-0.1, -0.05) is 51.2 Å². The van der Waals surface area contributed by atoms with Crippen LogP contribution in [0.15, 0.2) is 24.3 Å². The zero-order valence-corrected chi connectivity index (χ0v) is 14.9. The molecular weight excluding hydrogens is 328 g/mol. The second kappa shape index (κ2) is 9.40. The highest BCUT2D eigenvalue weighted by Crippen LogP contribution is 2.38. The van der Waals surface area contributed by atoms with E-state index >= 15 is 0 Å². The van der Waals surface area contributed by atoms with E-state index in [1.54, 1.807) is 6.07 Å². The van der Waals surface area contributed by atoms with Crippen LogP contribution in [0.4, 0.5) is 17.6 Å². The fraction of sp³-hybridized carbons (Fsp3) is 0.619. The zero-order chi connectivity index (χ0) is 18.3. The van der Waals surface area contributed by atoms with Crippen LogP contribution < -0.4 is 0 Å². The van der Waals surface area contributed by atoms with Gasteiger partial charge in [0.25, 0.3) is 0 Å². The van der Waals surface area contributed by atoms with Crippen molar-refractivity contribution in [3.63, 3.8) is 0 Å². The minimum atomic E-state index is -4.42. The maximum Gasteiger partial charge on any atom is 0.409 e. The number of halogens is 4. The van der Waals surface area contributed by atoms with E-state index in [-0.39, 0.29) is 11.6 Å². The van der Waals surface area contributed by atoms with Gasteiger partial charge in [0.2, 0.25) is 0 Å². The van der Waals surface area contributed by atoms with Crippen molar-refractivity contribution in [3.05, 3.63) is 41.2 Å². The van der Waals surface area contributed by atoms with Crippen molar-refractivity contribution in [2.45, 2.75) is 76.8 Å². The summed E-state index contributed by atoms with van der Waals surface area (Å²) in [5.74, 6) is 0.550. The Labute approximate surface area is 148 Å². The lowest BCUT2D eigenvalue weighted by Crippen LogP contribution is -2.13. The lowest BCUT2D eigenvalue weighted by Gasteiger charge is -2.29. The van der Waals surface area contributed by atoms with E-state index in [1.807, 2.05) is 0 Å². The van der Waals surface area contributed by atoms with Crippen LogP contribution in [0.25, 0.3) is 6.08 Å². The molecule has 2 rings (SSSR count). The average Bonchev–Trinajstić information content (AvgIpc) is 2.57. The molecule has 1 aromatic rings. The Morgan fingerprint density at radius 2 is 1.76 bits per heavy atom. The molecule has 1 aromatic carbocycles. The normalized spacial score (nSPS) is 21.8. The zero-order valence-electron chi connectivity index (χ0n) is 14.9. The minimum Gasteiger partial charge on any atom is -0.206 e. The molecule has 140 valence electrons. The molecule has 0 heterocycles. The summed E-state index contributed by atoms with van der Waals surface area (Å²) in [5, 5.41) is 0. The third kappa shape index (κ3) is 6.83. The fourth-order valence-electron chi connectivity index (χ4n) is 3.76. The van der Waals surface area contributed by atoms with E-state index in [2.05, 4.69) is 6.92 Å². The van der Waals surface area contributed by atoms with Crippen LogP contribution >= 0.6 is 0 Å². The maximum absolute atomic E-state index is 14.1. The van der Waals surface area contributed by atoms with E-state index in [0.29, 0.717) is 5.92 Å². The molecule has 0 spiro atoms. The molecule has 1 fully saturated rings. The summed E-state index contributed by atoms with van der Waals surface area (Å²) in [5.41, 5.74) is 0.914. The van der Waals surface area contributed by atoms with Crippen molar-refractivity contribution in [1.29, 1.82) is 0 Å². The number of allylic oxidation sites excluding steroid dienone is 1. The minimum absolute atomic E-state index is 0.00862. The summed E-state index contributed by atoms with van der Waals surface area (Å²) in [6, 6.07) is 4.66. The van der Waals surface area contributed by atoms with Crippen LogP contribution in [0.2, 0.25) is 0 Å². The first-order valence-corrected chi connectivity index (χ1v) is 9.44. The second-order valence-corrected chi connectivity index (χ2v) is 7.22. The van der Waals surface area contributed by atoms with E-state index in [4.69, 9.17) is 0 Å². The standard InChI is InChI=1S/C21H28F4/c1-2-3-4-5-6-16-7-9-17(10-8-16)19-12-11-18(20(22)15-19)13-14-21(23,24)25/h11-17H,2-10H2,1H3/b14-13+. The predicted molar refractivity (Wildman–Crippen MR) is 94.9 cm³/mol. The molecule has 0 unspecified atom stereocenters. The molecule has 4 heteroatoms. The smallest absolute Gasteiger partial charge is 0.206 e. The first-order valence-electron chi connectivity index (χ1n) is 9.44. The maximum atomic E-state index is 14.1. The highest BCUT2D eigenvalue weighted by Gasteiger charge is 2.24. The number of hydrogen-bond acceptors (Lipinski definition) is 0. The van der Waals surface area contributed by atoms with Gasteiger partial charge < -0.3 is 0 Å². The van der Waals surface area contributed by atoms with Crippen LogP contribution in [0, 0.1) is 11.7 Å². The van der Waals surface area contributed by atoms with Crippen molar-refractivity contribution in [3.8, 4) is 0 Å². The Balaban J connectivity index is 1.87. The number of benzene rings is 1. The number of alkyl halides is 3. The molecule has 1 aliphatic rings. The van der Waals surface area contributed by atoms with Gasteiger partial charge in [0.1, 0.15) is 5.82 Å². The van der Waals surface area contributed by atoms with Crippen LogP contribution in [0.3, 0.4) is 0 Å². The monoisotopic (exact) mass is 356 g/mol. The SMILES string of the molecule is CCCCCCC1CCC(c2ccc(/C=C/C(F)(F)F)c(F)c2)CC1. The first-order chi connectivity index (χ1) is 11.9. The molecule has 1 saturated carbocycles. The molecule has 0 bridgehead atoms. The van der Waals surface area contributed by atoms with Gasteiger partial charge in [-0.25, -0.2) is 4.39 Å². The molecule has 0 aromatic heterocycles. The molecule has 0 atom stereocenters. The first kappa shape index (κ1) is 20.0. The Kier molecular flexibility index (Phi) is 7.52. The highest BCUT2D eigenvalue weighted by atomic mass is 19.4. The highest BCUT2D eigenvalue weighted by molar-refractivity contribution is 5.51. The Morgan fingerprint density at radius 1 is 1.04 bits per heavy atom. The van der Waals surface area contributed by atoms with Gasteiger partial charge in [0.15, 0.2) is 0 Å². The van der Waals surface area contributed by atoms with Crippen LogP contribution in [-0.2, 0) is 0 Å². The molecule has 0 nitrogen and oxygen atoms in total. The van der Waals surface area contributed by atoms with Crippen molar-refractivity contribution in [1.82, 2.24) is 0 Å². The quantitative estimate of drug-likeness (QED) is 0.348. The number of unbranched alkanes of at least 4 members (excludes halogenated alkanes) is 3. The predicted octanol–water partition coefficient (Wildman–Crippen LogP) is 7.65. The summed E-state index contributed by atoms with van der Waals surface area (Å²) in [6.45, 7) is 2.22. The van der Waals surface area contributed by atoms with Gasteiger partial charge in [-0.05, 0) is 55.2 Å². The Hall–Kier alpha value is -1.32. The summed E-state index contributed by atoms with van der Waals surface area (Å²) in [7, 11) is 0. The molecule has 25 heavy (non-hydrogen) atoms. The van der Waals surface area contributed by atoms with Gasteiger partial charge in [-0.15, -0.1) is 0 Å². The molecule has 0 radical (unpaired) electrons. The van der Waals surface area contributed by atoms with Gasteiger partial charge >= 0.3 is 6.18 Å². The van der Waals surface area contributed by atoms with Crippen LogP contribution in [0.5, 0.6) is 0 Å². The largest absolute Gasteiger partial charge is 0.409 e. The van der Waals surface area contributed by atoms with E-state index in [9.17, 15) is 17.6 Å². The van der Waals surface area contributed by atoms with Crippen molar-refractivity contribution in [2.24, 2.45) is 5.92 Å².